The van der Waals surface area contributed by atoms with Gasteiger partial charge in [0.05, 0.1) is 0 Å². The molecule has 0 spiro atoms. The van der Waals surface area contributed by atoms with Crippen LogP contribution in [-0.4, -0.2) is 11.5 Å². The Kier molecular flexibility index (Phi) is 3.45. The van der Waals surface area contributed by atoms with Crippen LogP contribution in [0.2, 0.25) is 0 Å². The third-order valence-corrected chi connectivity index (χ3v) is 2.39. The van der Waals surface area contributed by atoms with Gasteiger partial charge in [-0.15, -0.1) is 0 Å². The van der Waals surface area contributed by atoms with Crippen molar-refractivity contribution in [1.82, 2.24) is 0 Å². The van der Waals surface area contributed by atoms with Gasteiger partial charge >= 0.3 is 0 Å². The van der Waals surface area contributed by atoms with E-state index in [2.05, 4.69) is 26.8 Å². The van der Waals surface area contributed by atoms with Crippen LogP contribution in [0.4, 0.5) is 0 Å². The molecule has 0 unspecified atom stereocenters. The molecule has 0 bridgehead atoms. The van der Waals surface area contributed by atoms with Crippen LogP contribution in [-0.2, 0) is 11.8 Å². The van der Waals surface area contributed by atoms with Gasteiger partial charge in [-0.3, -0.25) is 10.1 Å². The SMILES string of the molecule is CC(C)(C)c1ccccc1CC[N+](=O)[O-]. The molecule has 0 saturated carbocycles. The summed E-state index contributed by atoms with van der Waals surface area (Å²) in [5.41, 5.74) is 2.33. The molecule has 0 heterocycles. The van der Waals surface area contributed by atoms with E-state index in [0.717, 1.165) is 5.56 Å². The summed E-state index contributed by atoms with van der Waals surface area (Å²) in [4.78, 5) is 10.1. The van der Waals surface area contributed by atoms with Crippen molar-refractivity contribution in [1.29, 1.82) is 0 Å². The van der Waals surface area contributed by atoms with E-state index in [4.69, 9.17) is 0 Å². The molecule has 82 valence electrons. The lowest BCUT2D eigenvalue weighted by atomic mass is 9.83. The molecule has 1 aromatic carbocycles. The topological polar surface area (TPSA) is 43.1 Å². The normalized spacial score (nSPS) is 11.4. The highest BCUT2D eigenvalue weighted by molar-refractivity contribution is 5.32. The van der Waals surface area contributed by atoms with Gasteiger partial charge in [-0.25, -0.2) is 0 Å². The minimum Gasteiger partial charge on any atom is -0.265 e. The number of rotatable bonds is 3. The Labute approximate surface area is 90.3 Å². The average molecular weight is 207 g/mol. The lowest BCUT2D eigenvalue weighted by Gasteiger charge is -2.22. The Morgan fingerprint density at radius 2 is 1.87 bits per heavy atom. The summed E-state index contributed by atoms with van der Waals surface area (Å²) >= 11 is 0. The van der Waals surface area contributed by atoms with Gasteiger partial charge < -0.3 is 0 Å². The molecule has 0 aliphatic rings. The Morgan fingerprint density at radius 1 is 1.27 bits per heavy atom. The number of hydrogen-bond acceptors (Lipinski definition) is 2. The molecule has 3 heteroatoms. The first-order valence-electron chi connectivity index (χ1n) is 5.11. The van der Waals surface area contributed by atoms with Gasteiger partial charge in [-0.05, 0) is 16.5 Å². The molecule has 0 aliphatic heterocycles. The largest absolute Gasteiger partial charge is 0.265 e. The molecule has 1 aromatic rings. The lowest BCUT2D eigenvalue weighted by Crippen LogP contribution is -2.16. The maximum Gasteiger partial charge on any atom is 0.207 e. The quantitative estimate of drug-likeness (QED) is 0.565. The average Bonchev–Trinajstić information content (AvgIpc) is 2.13. The van der Waals surface area contributed by atoms with Crippen molar-refractivity contribution in [3.63, 3.8) is 0 Å². The van der Waals surface area contributed by atoms with Crippen molar-refractivity contribution in [3.05, 3.63) is 45.5 Å². The first-order chi connectivity index (χ1) is 6.91. The van der Waals surface area contributed by atoms with Crippen molar-refractivity contribution in [2.45, 2.75) is 32.6 Å². The van der Waals surface area contributed by atoms with Gasteiger partial charge in [-0.2, -0.15) is 0 Å². The zero-order valence-corrected chi connectivity index (χ0v) is 9.49. The zero-order chi connectivity index (χ0) is 11.5. The predicted molar refractivity (Wildman–Crippen MR) is 60.7 cm³/mol. The van der Waals surface area contributed by atoms with E-state index in [9.17, 15) is 10.1 Å². The number of benzene rings is 1. The second kappa shape index (κ2) is 4.43. The van der Waals surface area contributed by atoms with Crippen LogP contribution >= 0.6 is 0 Å². The Bertz CT molecular complexity index is 353. The smallest absolute Gasteiger partial charge is 0.207 e. The second-order valence-corrected chi connectivity index (χ2v) is 4.71. The van der Waals surface area contributed by atoms with E-state index in [-0.39, 0.29) is 16.9 Å². The second-order valence-electron chi connectivity index (χ2n) is 4.71. The molecule has 0 aromatic heterocycles. The van der Waals surface area contributed by atoms with Crippen LogP contribution in [0.25, 0.3) is 0 Å². The van der Waals surface area contributed by atoms with Crippen molar-refractivity contribution in [3.8, 4) is 0 Å². The highest BCUT2D eigenvalue weighted by Crippen LogP contribution is 2.25. The highest BCUT2D eigenvalue weighted by Gasteiger charge is 2.17. The molecule has 0 N–H and O–H groups in total. The van der Waals surface area contributed by atoms with Crippen molar-refractivity contribution in [2.24, 2.45) is 0 Å². The number of nitrogens with zero attached hydrogens (tertiary/aromatic N) is 1. The summed E-state index contributed by atoms with van der Waals surface area (Å²) in [5, 5.41) is 10.3. The van der Waals surface area contributed by atoms with Gasteiger partial charge in [0.2, 0.25) is 6.54 Å². The van der Waals surface area contributed by atoms with Gasteiger partial charge in [-0.1, -0.05) is 45.0 Å². The van der Waals surface area contributed by atoms with E-state index < -0.39 is 0 Å². The van der Waals surface area contributed by atoms with Crippen molar-refractivity contribution >= 4 is 0 Å². The maximum absolute atomic E-state index is 10.3. The minimum atomic E-state index is -0.264. The van der Waals surface area contributed by atoms with E-state index in [1.807, 2.05) is 18.2 Å². The van der Waals surface area contributed by atoms with Crippen LogP contribution in [0.5, 0.6) is 0 Å². The molecule has 0 amide bonds. The fourth-order valence-electron chi connectivity index (χ4n) is 1.68. The summed E-state index contributed by atoms with van der Waals surface area (Å²) in [5.74, 6) is 0. The number of hydrogen-bond donors (Lipinski definition) is 0. The fourth-order valence-corrected chi connectivity index (χ4v) is 1.68. The van der Waals surface area contributed by atoms with E-state index in [0.29, 0.717) is 6.42 Å². The fraction of sp³-hybridized carbons (Fsp3) is 0.500. The van der Waals surface area contributed by atoms with Crippen LogP contribution in [0, 0.1) is 10.1 Å². The molecular weight excluding hydrogens is 190 g/mol. The predicted octanol–water partition coefficient (Wildman–Crippen LogP) is 2.80. The molecule has 0 radical (unpaired) electrons. The molecule has 0 saturated heterocycles. The summed E-state index contributed by atoms with van der Waals surface area (Å²) in [6.45, 7) is 6.38. The third kappa shape index (κ3) is 3.35. The molecule has 3 nitrogen and oxygen atoms in total. The molecule has 1 rings (SSSR count). The number of nitro groups is 1. The Morgan fingerprint density at radius 3 is 2.40 bits per heavy atom. The van der Waals surface area contributed by atoms with Gasteiger partial charge in [0, 0.05) is 11.3 Å². The molecule has 15 heavy (non-hydrogen) atoms. The minimum absolute atomic E-state index is 0.00704. The van der Waals surface area contributed by atoms with Crippen molar-refractivity contribution < 1.29 is 4.92 Å². The van der Waals surface area contributed by atoms with E-state index >= 15 is 0 Å². The highest BCUT2D eigenvalue weighted by atomic mass is 16.6. The maximum atomic E-state index is 10.3. The van der Waals surface area contributed by atoms with Gasteiger partial charge in [0.25, 0.3) is 0 Å². The van der Waals surface area contributed by atoms with E-state index in [1.165, 1.54) is 5.56 Å². The summed E-state index contributed by atoms with van der Waals surface area (Å²) in [6, 6.07) is 7.94. The van der Waals surface area contributed by atoms with Crippen LogP contribution in [0.15, 0.2) is 24.3 Å². The van der Waals surface area contributed by atoms with Crippen LogP contribution in [0.3, 0.4) is 0 Å². The molecule has 0 atom stereocenters. The van der Waals surface area contributed by atoms with Gasteiger partial charge in [0.1, 0.15) is 0 Å². The molecule has 0 fully saturated rings. The van der Waals surface area contributed by atoms with Crippen LogP contribution in [0.1, 0.15) is 31.9 Å². The van der Waals surface area contributed by atoms with Crippen molar-refractivity contribution in [2.75, 3.05) is 6.54 Å². The molecular formula is C12H17NO2. The lowest BCUT2D eigenvalue weighted by molar-refractivity contribution is -0.479. The summed E-state index contributed by atoms with van der Waals surface area (Å²) < 4.78 is 0. The third-order valence-electron chi connectivity index (χ3n) is 2.39. The summed E-state index contributed by atoms with van der Waals surface area (Å²) in [7, 11) is 0. The summed E-state index contributed by atoms with van der Waals surface area (Å²) in [6.07, 6.45) is 0.514. The monoisotopic (exact) mass is 207 g/mol. The Balaban J connectivity index is 2.92. The standard InChI is InChI=1S/C12H17NO2/c1-12(2,3)11-7-5-4-6-10(11)8-9-13(14)15/h4-7H,8-9H2,1-3H3. The van der Waals surface area contributed by atoms with Crippen LogP contribution < -0.4 is 0 Å². The van der Waals surface area contributed by atoms with Gasteiger partial charge in [0.15, 0.2) is 0 Å². The first-order valence-corrected chi connectivity index (χ1v) is 5.11. The van der Waals surface area contributed by atoms with E-state index in [1.54, 1.807) is 0 Å². The molecule has 0 aliphatic carbocycles. The zero-order valence-electron chi connectivity index (χ0n) is 9.49. The first kappa shape index (κ1) is 11.7. The Hall–Kier alpha value is -1.38.